The van der Waals surface area contributed by atoms with E-state index in [4.69, 9.17) is 4.74 Å². The summed E-state index contributed by atoms with van der Waals surface area (Å²) >= 11 is 0. The molecule has 1 N–H and O–H groups in total. The number of carbonyl (C=O) groups excluding carboxylic acids is 1. The monoisotopic (exact) mass is 419 g/mol. The topological polar surface area (TPSA) is 72.3 Å². The van der Waals surface area contributed by atoms with Crippen molar-refractivity contribution in [3.05, 3.63) is 65.2 Å². The molecule has 2 amide bonds. The van der Waals surface area contributed by atoms with Gasteiger partial charge in [-0.25, -0.2) is 4.79 Å². The number of carbonyl (C=O) groups is 1. The first-order valence-electron chi connectivity index (χ1n) is 10.8. The second-order valence-corrected chi connectivity index (χ2v) is 8.06. The third-order valence-corrected chi connectivity index (χ3v) is 5.63. The molecule has 0 aliphatic carbocycles. The first kappa shape index (κ1) is 20.9. The average molecular weight is 420 g/mol. The number of aromatic nitrogens is 3. The number of hydrogen-bond acceptors (Lipinski definition) is 4. The van der Waals surface area contributed by atoms with Gasteiger partial charge in [0.15, 0.2) is 5.82 Å². The number of rotatable bonds is 5. The minimum Gasteiger partial charge on any atom is -0.495 e. The number of benzene rings is 2. The van der Waals surface area contributed by atoms with Gasteiger partial charge in [0.05, 0.1) is 19.3 Å². The van der Waals surface area contributed by atoms with E-state index in [1.807, 2.05) is 56.3 Å². The van der Waals surface area contributed by atoms with E-state index >= 15 is 0 Å². The maximum atomic E-state index is 13.5. The molecule has 162 valence electrons. The fourth-order valence-electron chi connectivity index (χ4n) is 3.99. The molecule has 7 heteroatoms. The summed E-state index contributed by atoms with van der Waals surface area (Å²) in [6.07, 6.45) is 4.34. The van der Waals surface area contributed by atoms with Crippen molar-refractivity contribution in [2.24, 2.45) is 0 Å². The molecule has 0 bridgehead atoms. The van der Waals surface area contributed by atoms with Crippen LogP contribution in [0.1, 0.15) is 42.0 Å². The summed E-state index contributed by atoms with van der Waals surface area (Å²) in [5, 5.41) is 11.9. The van der Waals surface area contributed by atoms with Crippen LogP contribution in [-0.4, -0.2) is 27.9 Å². The molecule has 1 aromatic heterocycles. The number of amides is 2. The van der Waals surface area contributed by atoms with Crippen molar-refractivity contribution in [3.63, 3.8) is 0 Å². The Labute approximate surface area is 183 Å². The van der Waals surface area contributed by atoms with Gasteiger partial charge in [0.1, 0.15) is 11.6 Å². The molecular weight excluding hydrogens is 390 g/mol. The zero-order valence-electron chi connectivity index (χ0n) is 18.4. The Balaban J connectivity index is 1.70. The lowest BCUT2D eigenvalue weighted by Gasteiger charge is -2.25. The molecule has 2 heterocycles. The van der Waals surface area contributed by atoms with Crippen molar-refractivity contribution in [1.29, 1.82) is 0 Å². The maximum Gasteiger partial charge on any atom is 0.326 e. The van der Waals surface area contributed by atoms with Crippen molar-refractivity contribution < 1.29 is 9.53 Å². The van der Waals surface area contributed by atoms with Gasteiger partial charge in [0, 0.05) is 18.7 Å². The predicted octanol–water partition coefficient (Wildman–Crippen LogP) is 4.87. The van der Waals surface area contributed by atoms with E-state index in [9.17, 15) is 4.79 Å². The number of nitrogens with zero attached hydrogens (tertiary/aromatic N) is 4. The van der Waals surface area contributed by atoms with Gasteiger partial charge in [0.2, 0.25) is 0 Å². The molecule has 4 rings (SSSR count). The Hall–Kier alpha value is -3.35. The van der Waals surface area contributed by atoms with Crippen LogP contribution in [0.3, 0.4) is 0 Å². The molecule has 0 unspecified atom stereocenters. The van der Waals surface area contributed by atoms with E-state index in [1.165, 1.54) is 6.42 Å². The van der Waals surface area contributed by atoms with Crippen LogP contribution in [0.5, 0.6) is 5.75 Å². The van der Waals surface area contributed by atoms with Gasteiger partial charge < -0.3 is 14.6 Å². The van der Waals surface area contributed by atoms with Crippen LogP contribution in [0.4, 0.5) is 16.2 Å². The molecule has 0 saturated heterocycles. The van der Waals surface area contributed by atoms with E-state index in [0.717, 1.165) is 54.3 Å². The van der Waals surface area contributed by atoms with Crippen molar-refractivity contribution in [3.8, 4) is 5.75 Å². The third kappa shape index (κ3) is 4.71. The number of methoxy groups -OCH3 is 1. The summed E-state index contributed by atoms with van der Waals surface area (Å²) in [7, 11) is 1.62. The number of fused-ring (bicyclic) bond motifs is 1. The zero-order chi connectivity index (χ0) is 21.8. The summed E-state index contributed by atoms with van der Waals surface area (Å²) in [5.74, 6) is 2.43. The molecule has 2 aromatic carbocycles. The number of aryl methyl sites for hydroxylation is 3. The van der Waals surface area contributed by atoms with Gasteiger partial charge in [-0.05, 0) is 62.1 Å². The Kier molecular flexibility index (Phi) is 6.21. The molecule has 7 nitrogen and oxygen atoms in total. The third-order valence-electron chi connectivity index (χ3n) is 5.63. The van der Waals surface area contributed by atoms with Crippen LogP contribution in [0.25, 0.3) is 0 Å². The molecule has 31 heavy (non-hydrogen) atoms. The number of anilines is 2. The molecule has 3 aromatic rings. The van der Waals surface area contributed by atoms with Crippen LogP contribution < -0.4 is 15.0 Å². The number of urea groups is 1. The summed E-state index contributed by atoms with van der Waals surface area (Å²) < 4.78 is 7.76. The number of ether oxygens (including phenoxy) is 1. The first-order chi connectivity index (χ1) is 15.0. The molecule has 1 aliphatic heterocycles. The van der Waals surface area contributed by atoms with E-state index in [1.54, 1.807) is 12.0 Å². The molecule has 1 aliphatic rings. The Morgan fingerprint density at radius 2 is 1.94 bits per heavy atom. The molecule has 0 fully saturated rings. The Morgan fingerprint density at radius 3 is 2.74 bits per heavy atom. The van der Waals surface area contributed by atoms with Crippen molar-refractivity contribution in [2.75, 3.05) is 17.3 Å². The Morgan fingerprint density at radius 1 is 1.10 bits per heavy atom. The second-order valence-electron chi connectivity index (χ2n) is 8.06. The predicted molar refractivity (Wildman–Crippen MR) is 122 cm³/mol. The zero-order valence-corrected chi connectivity index (χ0v) is 18.4. The van der Waals surface area contributed by atoms with E-state index in [0.29, 0.717) is 18.0 Å². The van der Waals surface area contributed by atoms with E-state index in [-0.39, 0.29) is 6.03 Å². The average Bonchev–Trinajstić information content (AvgIpc) is 2.97. The van der Waals surface area contributed by atoms with Crippen LogP contribution in [0.2, 0.25) is 0 Å². The Bertz CT molecular complexity index is 1080. The van der Waals surface area contributed by atoms with Gasteiger partial charge in [-0.1, -0.05) is 24.6 Å². The molecule has 0 atom stereocenters. The highest BCUT2D eigenvalue weighted by Crippen LogP contribution is 2.31. The van der Waals surface area contributed by atoms with E-state index < -0.39 is 0 Å². The van der Waals surface area contributed by atoms with Crippen molar-refractivity contribution in [2.45, 2.75) is 52.6 Å². The van der Waals surface area contributed by atoms with Gasteiger partial charge in [-0.2, -0.15) is 0 Å². The summed E-state index contributed by atoms with van der Waals surface area (Å²) in [4.78, 5) is 15.2. The quantitative estimate of drug-likeness (QED) is 0.640. The fraction of sp³-hybridized carbons (Fsp3) is 0.375. The van der Waals surface area contributed by atoms with Crippen LogP contribution in [-0.2, 0) is 19.5 Å². The van der Waals surface area contributed by atoms with E-state index in [2.05, 4.69) is 20.1 Å². The van der Waals surface area contributed by atoms with Gasteiger partial charge in [-0.3, -0.25) is 4.90 Å². The van der Waals surface area contributed by atoms with Gasteiger partial charge in [-0.15, -0.1) is 10.2 Å². The smallest absolute Gasteiger partial charge is 0.326 e. The van der Waals surface area contributed by atoms with Gasteiger partial charge >= 0.3 is 6.03 Å². The van der Waals surface area contributed by atoms with Crippen LogP contribution in [0, 0.1) is 13.8 Å². The van der Waals surface area contributed by atoms with Crippen molar-refractivity contribution >= 4 is 17.4 Å². The largest absolute Gasteiger partial charge is 0.495 e. The lowest BCUT2D eigenvalue weighted by molar-refractivity contribution is 0.256. The highest BCUT2D eigenvalue weighted by atomic mass is 16.5. The summed E-state index contributed by atoms with van der Waals surface area (Å²) in [6.45, 7) is 5.20. The van der Waals surface area contributed by atoms with Crippen LogP contribution in [0.15, 0.2) is 42.5 Å². The summed E-state index contributed by atoms with van der Waals surface area (Å²) in [6, 6.07) is 13.4. The highest BCUT2D eigenvalue weighted by molar-refractivity contribution is 6.02. The molecule has 0 radical (unpaired) electrons. The van der Waals surface area contributed by atoms with Crippen LogP contribution >= 0.6 is 0 Å². The van der Waals surface area contributed by atoms with Crippen molar-refractivity contribution in [1.82, 2.24) is 14.8 Å². The standard InChI is InChI=1S/C24H29N5O2/c1-17-8-7-9-19(14-17)25-24(30)29(20-15-18(2)11-12-21(20)31-3)16-23-27-26-22-10-5-4-6-13-28(22)23/h7-9,11-12,14-15H,4-6,10,13,16H2,1-3H3,(H,25,30). The fourth-order valence-corrected chi connectivity index (χ4v) is 3.99. The normalized spacial score (nSPS) is 13.3. The number of hydrogen-bond donors (Lipinski definition) is 1. The SMILES string of the molecule is COc1ccc(C)cc1N(Cc1nnc2n1CCCCC2)C(=O)Nc1cccc(C)c1. The molecule has 0 saturated carbocycles. The first-order valence-corrected chi connectivity index (χ1v) is 10.8. The highest BCUT2D eigenvalue weighted by Gasteiger charge is 2.24. The molecule has 0 spiro atoms. The lowest BCUT2D eigenvalue weighted by atomic mass is 10.2. The molecular formula is C24H29N5O2. The minimum absolute atomic E-state index is 0.236. The lowest BCUT2D eigenvalue weighted by Crippen LogP contribution is -2.36. The summed E-state index contributed by atoms with van der Waals surface area (Å²) in [5.41, 5.74) is 3.59. The van der Waals surface area contributed by atoms with Gasteiger partial charge in [0.25, 0.3) is 0 Å². The maximum absolute atomic E-state index is 13.5. The number of nitrogens with one attached hydrogen (secondary N) is 1. The minimum atomic E-state index is -0.236. The second kappa shape index (κ2) is 9.20.